The highest BCUT2D eigenvalue weighted by Gasteiger charge is 2.18. The van der Waals surface area contributed by atoms with Gasteiger partial charge in [-0.05, 0) is 30.7 Å². The van der Waals surface area contributed by atoms with Gasteiger partial charge in [-0.25, -0.2) is 8.42 Å². The van der Waals surface area contributed by atoms with Crippen molar-refractivity contribution in [1.29, 1.82) is 0 Å². The molecule has 114 valence electrons. The number of hydrogen-bond acceptors (Lipinski definition) is 3. The third kappa shape index (κ3) is 3.02. The van der Waals surface area contributed by atoms with Crippen molar-refractivity contribution in [1.82, 2.24) is 4.98 Å². The summed E-state index contributed by atoms with van der Waals surface area (Å²) in [7, 11) is -3.51. The molecule has 0 unspecified atom stereocenters. The molecule has 0 aliphatic rings. The molecule has 1 heterocycles. The summed E-state index contributed by atoms with van der Waals surface area (Å²) in [6, 6.07) is 15.8. The Kier molecular flexibility index (Phi) is 4.93. The van der Waals surface area contributed by atoms with Crippen molar-refractivity contribution in [3.05, 3.63) is 66.4 Å². The fourth-order valence-electron chi connectivity index (χ4n) is 2.18. The SMILES string of the molecule is CC.Cc1cccc2cc(S(=O)(=O)c3ccccc3)cnc12. The summed E-state index contributed by atoms with van der Waals surface area (Å²) in [6.07, 6.45) is 1.43. The summed E-state index contributed by atoms with van der Waals surface area (Å²) in [5.74, 6) is 0. The van der Waals surface area contributed by atoms with E-state index in [4.69, 9.17) is 0 Å². The number of nitrogens with zero attached hydrogens (tertiary/aromatic N) is 1. The van der Waals surface area contributed by atoms with E-state index in [1.165, 1.54) is 6.20 Å². The molecule has 0 radical (unpaired) electrons. The number of hydrogen-bond donors (Lipinski definition) is 0. The van der Waals surface area contributed by atoms with Crippen LogP contribution in [-0.2, 0) is 9.84 Å². The van der Waals surface area contributed by atoms with Crippen LogP contribution < -0.4 is 0 Å². The molecule has 0 bridgehead atoms. The van der Waals surface area contributed by atoms with Gasteiger partial charge in [-0.1, -0.05) is 50.2 Å². The zero-order chi connectivity index (χ0) is 16.2. The van der Waals surface area contributed by atoms with Gasteiger partial charge in [-0.3, -0.25) is 4.98 Å². The van der Waals surface area contributed by atoms with E-state index in [1.807, 2.05) is 39.0 Å². The fourth-order valence-corrected chi connectivity index (χ4v) is 3.44. The van der Waals surface area contributed by atoms with E-state index in [1.54, 1.807) is 36.4 Å². The molecule has 4 heteroatoms. The van der Waals surface area contributed by atoms with Crippen LogP contribution in [0.5, 0.6) is 0 Å². The van der Waals surface area contributed by atoms with Gasteiger partial charge in [0.2, 0.25) is 9.84 Å². The molecule has 0 atom stereocenters. The normalized spacial score (nSPS) is 10.9. The van der Waals surface area contributed by atoms with Crippen LogP contribution in [0.15, 0.2) is 70.6 Å². The highest BCUT2D eigenvalue weighted by atomic mass is 32.2. The summed E-state index contributed by atoms with van der Waals surface area (Å²) in [5.41, 5.74) is 1.87. The predicted molar refractivity (Wildman–Crippen MR) is 89.7 cm³/mol. The molecular formula is C18H19NO2S. The molecule has 2 aromatic carbocycles. The van der Waals surface area contributed by atoms with Crippen molar-refractivity contribution in [2.45, 2.75) is 30.6 Å². The Bertz CT molecular complexity index is 872. The van der Waals surface area contributed by atoms with Crippen molar-refractivity contribution in [2.24, 2.45) is 0 Å². The summed E-state index contributed by atoms with van der Waals surface area (Å²) in [4.78, 5) is 4.80. The van der Waals surface area contributed by atoms with Crippen LogP contribution in [0.2, 0.25) is 0 Å². The van der Waals surface area contributed by atoms with Crippen molar-refractivity contribution in [3.8, 4) is 0 Å². The lowest BCUT2D eigenvalue weighted by molar-refractivity contribution is 0.596. The second-order valence-electron chi connectivity index (χ2n) is 4.63. The lowest BCUT2D eigenvalue weighted by Crippen LogP contribution is -2.02. The van der Waals surface area contributed by atoms with Crippen LogP contribution in [0.4, 0.5) is 0 Å². The maximum Gasteiger partial charge on any atom is 0.208 e. The highest BCUT2D eigenvalue weighted by Crippen LogP contribution is 2.24. The highest BCUT2D eigenvalue weighted by molar-refractivity contribution is 7.91. The molecule has 1 aromatic heterocycles. The van der Waals surface area contributed by atoms with Crippen LogP contribution in [0.3, 0.4) is 0 Å². The second kappa shape index (κ2) is 6.71. The topological polar surface area (TPSA) is 47.0 Å². The molecule has 0 amide bonds. The quantitative estimate of drug-likeness (QED) is 0.704. The first-order valence-electron chi connectivity index (χ1n) is 7.24. The first kappa shape index (κ1) is 16.2. The lowest BCUT2D eigenvalue weighted by atomic mass is 10.1. The molecule has 0 saturated heterocycles. The number of aryl methyl sites for hydroxylation is 1. The number of benzene rings is 2. The number of rotatable bonds is 2. The third-order valence-corrected chi connectivity index (χ3v) is 4.99. The molecule has 0 saturated carbocycles. The largest absolute Gasteiger partial charge is 0.255 e. The molecular weight excluding hydrogens is 294 g/mol. The van der Waals surface area contributed by atoms with E-state index >= 15 is 0 Å². The minimum atomic E-state index is -3.51. The van der Waals surface area contributed by atoms with Gasteiger partial charge < -0.3 is 0 Å². The molecule has 0 aliphatic carbocycles. The fraction of sp³-hybridized carbons (Fsp3) is 0.167. The van der Waals surface area contributed by atoms with Crippen LogP contribution in [0.25, 0.3) is 10.9 Å². The molecule has 0 fully saturated rings. The summed E-state index contributed by atoms with van der Waals surface area (Å²) < 4.78 is 25.0. The Labute approximate surface area is 131 Å². The number of para-hydroxylation sites is 1. The number of fused-ring (bicyclic) bond motifs is 1. The van der Waals surface area contributed by atoms with Crippen LogP contribution in [-0.4, -0.2) is 13.4 Å². The Balaban J connectivity index is 0.000000847. The van der Waals surface area contributed by atoms with E-state index in [-0.39, 0.29) is 9.79 Å². The van der Waals surface area contributed by atoms with Crippen molar-refractivity contribution < 1.29 is 8.42 Å². The monoisotopic (exact) mass is 313 g/mol. The Morgan fingerprint density at radius 3 is 2.23 bits per heavy atom. The van der Waals surface area contributed by atoms with Gasteiger partial charge in [0.25, 0.3) is 0 Å². The molecule has 0 spiro atoms. The van der Waals surface area contributed by atoms with Gasteiger partial charge in [-0.2, -0.15) is 0 Å². The smallest absolute Gasteiger partial charge is 0.208 e. The van der Waals surface area contributed by atoms with E-state index < -0.39 is 9.84 Å². The number of sulfone groups is 1. The van der Waals surface area contributed by atoms with Crippen molar-refractivity contribution in [2.75, 3.05) is 0 Å². The predicted octanol–water partition coefficient (Wildman–Crippen LogP) is 4.40. The summed E-state index contributed by atoms with van der Waals surface area (Å²) in [6.45, 7) is 5.96. The first-order valence-corrected chi connectivity index (χ1v) is 8.73. The first-order chi connectivity index (χ1) is 10.6. The van der Waals surface area contributed by atoms with E-state index in [0.717, 1.165) is 16.5 Å². The maximum absolute atomic E-state index is 12.5. The zero-order valence-electron chi connectivity index (χ0n) is 12.9. The Morgan fingerprint density at radius 2 is 1.55 bits per heavy atom. The Hall–Kier alpha value is -2.20. The lowest BCUT2D eigenvalue weighted by Gasteiger charge is -2.06. The van der Waals surface area contributed by atoms with Crippen LogP contribution in [0.1, 0.15) is 19.4 Å². The number of aromatic nitrogens is 1. The molecule has 22 heavy (non-hydrogen) atoms. The average molecular weight is 313 g/mol. The molecule has 3 aromatic rings. The molecule has 0 N–H and O–H groups in total. The van der Waals surface area contributed by atoms with Crippen molar-refractivity contribution >= 4 is 20.7 Å². The van der Waals surface area contributed by atoms with Crippen LogP contribution in [0, 0.1) is 6.92 Å². The molecule has 3 rings (SSSR count). The summed E-state index contributed by atoms with van der Waals surface area (Å²) in [5, 5.41) is 0.835. The van der Waals surface area contributed by atoms with Gasteiger partial charge in [0.15, 0.2) is 0 Å². The van der Waals surface area contributed by atoms with E-state index in [9.17, 15) is 8.42 Å². The van der Waals surface area contributed by atoms with E-state index in [0.29, 0.717) is 0 Å². The standard InChI is InChI=1S/C16H13NO2S.C2H6/c1-12-6-5-7-13-10-15(11-17-16(12)13)20(18,19)14-8-3-2-4-9-14;1-2/h2-11H,1H3;1-2H3. The van der Waals surface area contributed by atoms with Gasteiger partial charge >= 0.3 is 0 Å². The molecule has 3 nitrogen and oxygen atoms in total. The number of pyridine rings is 1. The average Bonchev–Trinajstić information content (AvgIpc) is 2.57. The Morgan fingerprint density at radius 1 is 0.864 bits per heavy atom. The van der Waals surface area contributed by atoms with Crippen LogP contribution >= 0.6 is 0 Å². The minimum absolute atomic E-state index is 0.224. The third-order valence-electron chi connectivity index (χ3n) is 3.25. The second-order valence-corrected chi connectivity index (χ2v) is 6.58. The van der Waals surface area contributed by atoms with Gasteiger partial charge in [0.05, 0.1) is 15.3 Å². The summed E-state index contributed by atoms with van der Waals surface area (Å²) >= 11 is 0. The zero-order valence-corrected chi connectivity index (χ0v) is 13.8. The van der Waals surface area contributed by atoms with Crippen molar-refractivity contribution in [3.63, 3.8) is 0 Å². The van der Waals surface area contributed by atoms with Gasteiger partial charge in [0, 0.05) is 11.6 Å². The van der Waals surface area contributed by atoms with Gasteiger partial charge in [0.1, 0.15) is 0 Å². The maximum atomic E-state index is 12.5. The van der Waals surface area contributed by atoms with E-state index in [2.05, 4.69) is 4.98 Å². The molecule has 0 aliphatic heterocycles. The minimum Gasteiger partial charge on any atom is -0.255 e. The van der Waals surface area contributed by atoms with Gasteiger partial charge in [-0.15, -0.1) is 0 Å².